The largest absolute Gasteiger partial charge is 0.383 e. The highest BCUT2D eigenvalue weighted by atomic mass is 16.5. The van der Waals surface area contributed by atoms with Gasteiger partial charge in [-0.2, -0.15) is 0 Å². The van der Waals surface area contributed by atoms with Crippen molar-refractivity contribution in [1.29, 1.82) is 0 Å². The SMILES string of the molecule is COCCn1ccnc1NCC1(C)CCCC1. The van der Waals surface area contributed by atoms with Gasteiger partial charge < -0.3 is 14.6 Å². The molecule has 4 heteroatoms. The van der Waals surface area contributed by atoms with E-state index in [4.69, 9.17) is 4.74 Å². The Morgan fingerprint density at radius 3 is 2.94 bits per heavy atom. The van der Waals surface area contributed by atoms with E-state index in [1.165, 1.54) is 25.7 Å². The first-order valence-corrected chi connectivity index (χ1v) is 6.47. The number of hydrogen-bond donors (Lipinski definition) is 1. The molecule has 1 heterocycles. The fourth-order valence-corrected chi connectivity index (χ4v) is 2.54. The number of nitrogens with one attached hydrogen (secondary N) is 1. The topological polar surface area (TPSA) is 39.1 Å². The Morgan fingerprint density at radius 1 is 1.47 bits per heavy atom. The van der Waals surface area contributed by atoms with Gasteiger partial charge in [0.25, 0.3) is 0 Å². The summed E-state index contributed by atoms with van der Waals surface area (Å²) in [5, 5.41) is 3.48. The monoisotopic (exact) mass is 237 g/mol. The molecule has 0 radical (unpaired) electrons. The Labute approximate surface area is 103 Å². The van der Waals surface area contributed by atoms with Crippen LogP contribution in [0.5, 0.6) is 0 Å². The second kappa shape index (κ2) is 5.54. The van der Waals surface area contributed by atoms with Crippen LogP contribution in [0.15, 0.2) is 12.4 Å². The van der Waals surface area contributed by atoms with E-state index in [2.05, 4.69) is 21.8 Å². The summed E-state index contributed by atoms with van der Waals surface area (Å²) < 4.78 is 7.20. The minimum atomic E-state index is 0.456. The molecule has 0 unspecified atom stereocenters. The molecule has 1 aliphatic rings. The van der Waals surface area contributed by atoms with Crippen molar-refractivity contribution in [2.45, 2.75) is 39.2 Å². The van der Waals surface area contributed by atoms with Crippen LogP contribution in [0.1, 0.15) is 32.6 Å². The number of ether oxygens (including phenoxy) is 1. The van der Waals surface area contributed by atoms with Gasteiger partial charge in [-0.15, -0.1) is 0 Å². The van der Waals surface area contributed by atoms with Crippen molar-refractivity contribution < 1.29 is 4.74 Å². The molecule has 0 saturated heterocycles. The zero-order chi connectivity index (χ0) is 12.1. The van der Waals surface area contributed by atoms with E-state index >= 15 is 0 Å². The van der Waals surface area contributed by atoms with E-state index in [1.807, 2.05) is 12.4 Å². The van der Waals surface area contributed by atoms with Crippen LogP contribution in [0.4, 0.5) is 5.95 Å². The summed E-state index contributed by atoms with van der Waals surface area (Å²) in [7, 11) is 1.73. The maximum atomic E-state index is 5.09. The number of aromatic nitrogens is 2. The second-order valence-electron chi connectivity index (χ2n) is 5.31. The average molecular weight is 237 g/mol. The van der Waals surface area contributed by atoms with Crippen molar-refractivity contribution in [2.24, 2.45) is 5.41 Å². The normalized spacial score (nSPS) is 18.5. The van der Waals surface area contributed by atoms with Crippen molar-refractivity contribution in [1.82, 2.24) is 9.55 Å². The van der Waals surface area contributed by atoms with Gasteiger partial charge in [0.1, 0.15) is 0 Å². The lowest BCUT2D eigenvalue weighted by Gasteiger charge is -2.24. The fourth-order valence-electron chi connectivity index (χ4n) is 2.54. The van der Waals surface area contributed by atoms with E-state index in [1.54, 1.807) is 7.11 Å². The Bertz CT molecular complexity index is 342. The van der Waals surface area contributed by atoms with E-state index in [9.17, 15) is 0 Å². The molecule has 0 atom stereocenters. The molecule has 1 aromatic heterocycles. The molecular formula is C13H23N3O. The average Bonchev–Trinajstić information content (AvgIpc) is 2.93. The Kier molecular flexibility index (Phi) is 4.05. The maximum absolute atomic E-state index is 5.09. The van der Waals surface area contributed by atoms with E-state index in [-0.39, 0.29) is 0 Å². The molecule has 96 valence electrons. The quantitative estimate of drug-likeness (QED) is 0.826. The van der Waals surface area contributed by atoms with Gasteiger partial charge in [0.15, 0.2) is 0 Å². The summed E-state index contributed by atoms with van der Waals surface area (Å²) in [5.74, 6) is 0.968. The molecular weight excluding hydrogens is 214 g/mol. The lowest BCUT2D eigenvalue weighted by Crippen LogP contribution is -2.24. The Hall–Kier alpha value is -1.03. The summed E-state index contributed by atoms with van der Waals surface area (Å²) in [5.41, 5.74) is 0.456. The van der Waals surface area contributed by atoms with Crippen molar-refractivity contribution in [3.63, 3.8) is 0 Å². The highest BCUT2D eigenvalue weighted by Gasteiger charge is 2.28. The lowest BCUT2D eigenvalue weighted by atomic mass is 9.89. The molecule has 1 aliphatic carbocycles. The van der Waals surface area contributed by atoms with Crippen LogP contribution in [-0.2, 0) is 11.3 Å². The molecule has 0 aromatic carbocycles. The Morgan fingerprint density at radius 2 is 2.24 bits per heavy atom. The Balaban J connectivity index is 1.87. The number of nitrogens with zero attached hydrogens (tertiary/aromatic N) is 2. The van der Waals surface area contributed by atoms with E-state index < -0.39 is 0 Å². The zero-order valence-electron chi connectivity index (χ0n) is 10.9. The number of hydrogen-bond acceptors (Lipinski definition) is 3. The third kappa shape index (κ3) is 3.22. The van der Waals surface area contributed by atoms with Gasteiger partial charge in [0.05, 0.1) is 6.61 Å². The van der Waals surface area contributed by atoms with E-state index in [0.717, 1.165) is 25.6 Å². The number of imidazole rings is 1. The molecule has 0 bridgehead atoms. The highest BCUT2D eigenvalue weighted by molar-refractivity contribution is 5.26. The number of rotatable bonds is 6. The van der Waals surface area contributed by atoms with Crippen LogP contribution < -0.4 is 5.32 Å². The smallest absolute Gasteiger partial charge is 0.202 e. The minimum Gasteiger partial charge on any atom is -0.383 e. The molecule has 1 fully saturated rings. The van der Waals surface area contributed by atoms with Gasteiger partial charge in [-0.1, -0.05) is 19.8 Å². The zero-order valence-corrected chi connectivity index (χ0v) is 10.9. The predicted molar refractivity (Wildman–Crippen MR) is 69.2 cm³/mol. The maximum Gasteiger partial charge on any atom is 0.202 e. The third-order valence-electron chi connectivity index (χ3n) is 3.74. The van der Waals surface area contributed by atoms with Gasteiger partial charge in [-0.05, 0) is 18.3 Å². The van der Waals surface area contributed by atoms with Crippen molar-refractivity contribution in [3.05, 3.63) is 12.4 Å². The first-order chi connectivity index (χ1) is 8.23. The van der Waals surface area contributed by atoms with Crippen LogP contribution >= 0.6 is 0 Å². The van der Waals surface area contributed by atoms with Gasteiger partial charge in [-0.25, -0.2) is 4.98 Å². The molecule has 0 spiro atoms. The predicted octanol–water partition coefficient (Wildman–Crippen LogP) is 2.52. The van der Waals surface area contributed by atoms with Crippen LogP contribution in [0.25, 0.3) is 0 Å². The number of anilines is 1. The summed E-state index contributed by atoms with van der Waals surface area (Å²) in [6.45, 7) is 4.98. The third-order valence-corrected chi connectivity index (χ3v) is 3.74. The van der Waals surface area contributed by atoms with E-state index in [0.29, 0.717) is 5.41 Å². The first kappa shape index (κ1) is 12.4. The first-order valence-electron chi connectivity index (χ1n) is 6.47. The summed E-state index contributed by atoms with van der Waals surface area (Å²) in [4.78, 5) is 4.36. The summed E-state index contributed by atoms with van der Waals surface area (Å²) >= 11 is 0. The summed E-state index contributed by atoms with van der Waals surface area (Å²) in [6, 6.07) is 0. The second-order valence-corrected chi connectivity index (χ2v) is 5.31. The lowest BCUT2D eigenvalue weighted by molar-refractivity contribution is 0.187. The molecule has 2 rings (SSSR count). The van der Waals surface area contributed by atoms with Crippen molar-refractivity contribution in [2.75, 3.05) is 25.6 Å². The van der Waals surface area contributed by atoms with Crippen LogP contribution in [0, 0.1) is 5.41 Å². The van der Waals surface area contributed by atoms with Crippen molar-refractivity contribution in [3.8, 4) is 0 Å². The molecule has 0 amide bonds. The van der Waals surface area contributed by atoms with Gasteiger partial charge in [-0.3, -0.25) is 0 Å². The van der Waals surface area contributed by atoms with Gasteiger partial charge in [0, 0.05) is 32.6 Å². The minimum absolute atomic E-state index is 0.456. The number of methoxy groups -OCH3 is 1. The van der Waals surface area contributed by atoms with Crippen molar-refractivity contribution >= 4 is 5.95 Å². The molecule has 0 aliphatic heterocycles. The van der Waals surface area contributed by atoms with Gasteiger partial charge in [0.2, 0.25) is 5.95 Å². The van der Waals surface area contributed by atoms with Crippen LogP contribution in [-0.4, -0.2) is 29.8 Å². The molecule has 1 N–H and O–H groups in total. The fraction of sp³-hybridized carbons (Fsp3) is 0.769. The molecule has 17 heavy (non-hydrogen) atoms. The summed E-state index contributed by atoms with van der Waals surface area (Å²) in [6.07, 6.45) is 9.25. The standard InChI is InChI=1S/C13H23N3O/c1-13(5-3-4-6-13)11-15-12-14-7-8-16(12)9-10-17-2/h7-8H,3-6,9-11H2,1-2H3,(H,14,15). The molecule has 4 nitrogen and oxygen atoms in total. The molecule has 1 saturated carbocycles. The molecule has 1 aromatic rings. The van der Waals surface area contributed by atoms with Crippen LogP contribution in [0.2, 0.25) is 0 Å². The van der Waals surface area contributed by atoms with Crippen LogP contribution in [0.3, 0.4) is 0 Å². The van der Waals surface area contributed by atoms with Gasteiger partial charge >= 0.3 is 0 Å². The highest BCUT2D eigenvalue weighted by Crippen LogP contribution is 2.37.